The summed E-state index contributed by atoms with van der Waals surface area (Å²) in [6, 6.07) is 6.05. The van der Waals surface area contributed by atoms with Crippen molar-refractivity contribution in [1.82, 2.24) is 24.4 Å². The number of fused-ring (bicyclic) bond motifs is 1. The second kappa shape index (κ2) is 10.2. The Kier molecular flexibility index (Phi) is 7.26. The number of likely N-dealkylation sites (tertiary alicyclic amines) is 1. The molecule has 0 bridgehead atoms. The van der Waals surface area contributed by atoms with Gasteiger partial charge in [-0.1, -0.05) is 12.0 Å². The van der Waals surface area contributed by atoms with Crippen LogP contribution in [0, 0.1) is 18.8 Å². The zero-order chi connectivity index (χ0) is 26.0. The van der Waals surface area contributed by atoms with Crippen molar-refractivity contribution in [3.05, 3.63) is 53.0 Å². The molecule has 1 fully saturated rings. The number of pyridine rings is 1. The Labute approximate surface area is 206 Å². The number of aromatic nitrogens is 3. The zero-order valence-corrected chi connectivity index (χ0v) is 20.3. The van der Waals surface area contributed by atoms with Gasteiger partial charge in [0.1, 0.15) is 17.7 Å². The van der Waals surface area contributed by atoms with E-state index in [4.69, 9.17) is 0 Å². The molecule has 2 atom stereocenters. The number of anilines is 1. The molecule has 1 aliphatic heterocycles. The number of carbonyl (C=O) groups excluding carboxylic acids is 1. The standard InChI is InChI=1S/C25H28F4N6O/c1-16-12-17(14-34(16)3)24(36)30-10-5-6-20-18(13-25(27,28)29)22-7-4-8-23(35(22)32-20)31-21-9-11-33(2)15-19(21)26/h4,7-8,12,14,19,21,31H,9-11,13,15H2,1-3H3,(H,30,36)/t19-,21+/m0/s1. The minimum absolute atomic E-state index is 0.0356. The van der Waals surface area contributed by atoms with Gasteiger partial charge in [0.25, 0.3) is 5.91 Å². The normalized spacial score (nSPS) is 18.6. The molecular weight excluding hydrogens is 476 g/mol. The third-order valence-corrected chi connectivity index (χ3v) is 6.27. The fourth-order valence-electron chi connectivity index (χ4n) is 4.27. The Morgan fingerprint density at radius 1 is 1.28 bits per heavy atom. The summed E-state index contributed by atoms with van der Waals surface area (Å²) in [6.07, 6.45) is -4.57. The first kappa shape index (κ1) is 25.6. The molecule has 0 aliphatic carbocycles. The van der Waals surface area contributed by atoms with E-state index in [1.807, 2.05) is 30.5 Å². The van der Waals surface area contributed by atoms with Crippen molar-refractivity contribution < 1.29 is 22.4 Å². The van der Waals surface area contributed by atoms with Crippen LogP contribution in [0.4, 0.5) is 23.4 Å². The van der Waals surface area contributed by atoms with Gasteiger partial charge in [0, 0.05) is 37.6 Å². The third kappa shape index (κ3) is 5.82. The van der Waals surface area contributed by atoms with E-state index in [9.17, 15) is 22.4 Å². The zero-order valence-electron chi connectivity index (χ0n) is 20.3. The molecule has 7 nitrogen and oxygen atoms in total. The van der Waals surface area contributed by atoms with Gasteiger partial charge in [-0.15, -0.1) is 0 Å². The van der Waals surface area contributed by atoms with Crippen molar-refractivity contribution in [1.29, 1.82) is 0 Å². The second-order valence-corrected chi connectivity index (χ2v) is 9.11. The van der Waals surface area contributed by atoms with Crippen molar-refractivity contribution in [3.63, 3.8) is 0 Å². The van der Waals surface area contributed by atoms with E-state index in [-0.39, 0.29) is 35.8 Å². The van der Waals surface area contributed by atoms with Gasteiger partial charge in [-0.3, -0.25) is 4.79 Å². The van der Waals surface area contributed by atoms with Crippen molar-refractivity contribution >= 4 is 17.2 Å². The number of hydrogen-bond acceptors (Lipinski definition) is 4. The summed E-state index contributed by atoms with van der Waals surface area (Å²) >= 11 is 0. The quantitative estimate of drug-likeness (QED) is 0.413. The predicted molar refractivity (Wildman–Crippen MR) is 129 cm³/mol. The van der Waals surface area contributed by atoms with Crippen LogP contribution in [-0.2, 0) is 13.5 Å². The van der Waals surface area contributed by atoms with Gasteiger partial charge in [0.15, 0.2) is 0 Å². The number of carbonyl (C=O) groups is 1. The highest BCUT2D eigenvalue weighted by molar-refractivity contribution is 5.94. The molecule has 3 aromatic heterocycles. The van der Waals surface area contributed by atoms with Crippen LogP contribution in [0.5, 0.6) is 0 Å². The van der Waals surface area contributed by atoms with Gasteiger partial charge < -0.3 is 20.1 Å². The monoisotopic (exact) mass is 504 g/mol. The van der Waals surface area contributed by atoms with Gasteiger partial charge in [-0.05, 0) is 44.5 Å². The van der Waals surface area contributed by atoms with Crippen molar-refractivity contribution in [2.45, 2.75) is 38.2 Å². The van der Waals surface area contributed by atoms with Crippen LogP contribution >= 0.6 is 0 Å². The molecule has 4 rings (SSSR count). The fraction of sp³-hybridized carbons (Fsp3) is 0.440. The van der Waals surface area contributed by atoms with E-state index in [0.717, 1.165) is 5.69 Å². The summed E-state index contributed by atoms with van der Waals surface area (Å²) in [5.41, 5.74) is 1.53. The smallest absolute Gasteiger partial charge is 0.364 e. The third-order valence-electron chi connectivity index (χ3n) is 6.27. The Balaban J connectivity index is 1.58. The molecular formula is C25H28F4N6O. The first-order valence-electron chi connectivity index (χ1n) is 11.6. The van der Waals surface area contributed by atoms with Crippen LogP contribution in [0.2, 0.25) is 0 Å². The SMILES string of the molecule is Cc1cc(C(=O)NCC#Cc2nn3c(N[C@@H]4CCN(C)C[C@@H]4F)cccc3c2CC(F)(F)F)cn1C. The number of halogens is 4. The molecule has 2 N–H and O–H groups in total. The van der Waals surface area contributed by atoms with Crippen molar-refractivity contribution in [3.8, 4) is 11.8 Å². The van der Waals surface area contributed by atoms with Crippen LogP contribution in [-0.4, -0.2) is 70.1 Å². The number of amides is 1. The van der Waals surface area contributed by atoms with E-state index in [2.05, 4.69) is 27.6 Å². The summed E-state index contributed by atoms with van der Waals surface area (Å²) in [6.45, 7) is 2.79. The summed E-state index contributed by atoms with van der Waals surface area (Å²) in [5.74, 6) is 5.46. The van der Waals surface area contributed by atoms with E-state index >= 15 is 0 Å². The van der Waals surface area contributed by atoms with E-state index in [0.29, 0.717) is 24.3 Å². The highest BCUT2D eigenvalue weighted by atomic mass is 19.4. The lowest BCUT2D eigenvalue weighted by Gasteiger charge is -2.33. The lowest BCUT2D eigenvalue weighted by Crippen LogP contribution is -2.46. The van der Waals surface area contributed by atoms with Gasteiger partial charge in [-0.2, -0.15) is 18.3 Å². The maximum atomic E-state index is 14.6. The van der Waals surface area contributed by atoms with Gasteiger partial charge in [-0.25, -0.2) is 8.91 Å². The lowest BCUT2D eigenvalue weighted by atomic mass is 10.0. The number of nitrogens with one attached hydrogen (secondary N) is 2. The van der Waals surface area contributed by atoms with Gasteiger partial charge >= 0.3 is 6.18 Å². The molecule has 4 heterocycles. The molecule has 0 radical (unpaired) electrons. The molecule has 0 aromatic carbocycles. The highest BCUT2D eigenvalue weighted by Gasteiger charge is 2.32. The number of alkyl halides is 4. The average molecular weight is 505 g/mol. The number of nitrogens with zero attached hydrogens (tertiary/aromatic N) is 4. The van der Waals surface area contributed by atoms with Crippen molar-refractivity contribution in [2.75, 3.05) is 32.0 Å². The van der Waals surface area contributed by atoms with Crippen LogP contribution in [0.15, 0.2) is 30.5 Å². The largest absolute Gasteiger partial charge is 0.393 e. The summed E-state index contributed by atoms with van der Waals surface area (Å²) < 4.78 is 57.9. The Morgan fingerprint density at radius 2 is 2.06 bits per heavy atom. The molecule has 3 aromatic rings. The topological polar surface area (TPSA) is 66.6 Å². The average Bonchev–Trinajstić information content (AvgIpc) is 3.32. The van der Waals surface area contributed by atoms with Crippen LogP contribution in [0.25, 0.3) is 5.52 Å². The minimum atomic E-state index is -4.47. The van der Waals surface area contributed by atoms with E-state index in [1.54, 1.807) is 24.4 Å². The molecule has 0 saturated carbocycles. The Hall–Kier alpha value is -3.52. The van der Waals surface area contributed by atoms with E-state index < -0.39 is 24.8 Å². The molecule has 0 unspecified atom stereocenters. The van der Waals surface area contributed by atoms with Gasteiger partial charge in [0.2, 0.25) is 0 Å². The summed E-state index contributed by atoms with van der Waals surface area (Å²) in [4.78, 5) is 14.2. The number of aryl methyl sites for hydroxylation is 2. The van der Waals surface area contributed by atoms with Crippen LogP contribution in [0.3, 0.4) is 0 Å². The molecule has 0 spiro atoms. The fourth-order valence-corrected chi connectivity index (χ4v) is 4.27. The van der Waals surface area contributed by atoms with Crippen LogP contribution < -0.4 is 10.6 Å². The molecule has 1 saturated heterocycles. The summed E-state index contributed by atoms with van der Waals surface area (Å²) in [5, 5.41) is 10.1. The first-order valence-corrected chi connectivity index (χ1v) is 11.6. The summed E-state index contributed by atoms with van der Waals surface area (Å²) in [7, 11) is 3.66. The number of rotatable bonds is 5. The molecule has 11 heteroatoms. The van der Waals surface area contributed by atoms with Gasteiger partial charge in [0.05, 0.1) is 30.1 Å². The Morgan fingerprint density at radius 3 is 2.72 bits per heavy atom. The molecule has 192 valence electrons. The van der Waals surface area contributed by atoms with E-state index in [1.165, 1.54) is 10.6 Å². The maximum Gasteiger partial charge on any atom is 0.393 e. The number of hydrogen-bond donors (Lipinski definition) is 2. The molecule has 1 aliphatic rings. The molecule has 1 amide bonds. The maximum absolute atomic E-state index is 14.6. The predicted octanol–water partition coefficient (Wildman–Crippen LogP) is 3.32. The second-order valence-electron chi connectivity index (χ2n) is 9.11. The highest BCUT2D eigenvalue weighted by Crippen LogP contribution is 2.28. The molecule has 36 heavy (non-hydrogen) atoms. The minimum Gasteiger partial charge on any atom is -0.364 e. The first-order chi connectivity index (χ1) is 17.0. The number of piperidine rings is 1. The van der Waals surface area contributed by atoms with Crippen LogP contribution in [0.1, 0.15) is 33.7 Å². The lowest BCUT2D eigenvalue weighted by molar-refractivity contribution is -0.127. The van der Waals surface area contributed by atoms with Crippen molar-refractivity contribution in [2.24, 2.45) is 7.05 Å². The Bertz CT molecular complexity index is 1300.